The van der Waals surface area contributed by atoms with E-state index in [2.05, 4.69) is 10.5 Å². The molecule has 1 heterocycles. The number of carbonyl (C=O) groups is 1. The highest BCUT2D eigenvalue weighted by atomic mass is 32.2. The lowest BCUT2D eigenvalue weighted by molar-refractivity contribution is -0.895. The van der Waals surface area contributed by atoms with Gasteiger partial charge in [0.05, 0.1) is 37.3 Å². The van der Waals surface area contributed by atoms with Crippen LogP contribution in [0.4, 0.5) is 4.39 Å². The third-order valence-corrected chi connectivity index (χ3v) is 6.71. The Balaban J connectivity index is 1.48. The molecule has 2 aromatic carbocycles. The van der Waals surface area contributed by atoms with Crippen LogP contribution in [0, 0.1) is 12.7 Å². The van der Waals surface area contributed by atoms with Crippen LogP contribution in [-0.2, 0) is 14.8 Å². The summed E-state index contributed by atoms with van der Waals surface area (Å²) in [5, 5.41) is 3.78. The van der Waals surface area contributed by atoms with Gasteiger partial charge >= 0.3 is 0 Å². The minimum Gasteiger partial charge on any atom is -0.325 e. The molecule has 0 radical (unpaired) electrons. The van der Waals surface area contributed by atoms with Crippen molar-refractivity contribution in [3.8, 4) is 0 Å². The van der Waals surface area contributed by atoms with Crippen molar-refractivity contribution in [1.29, 1.82) is 0 Å². The predicted octanol–water partition coefficient (Wildman–Crippen LogP) is 0.174. The molecular weight excluding hydrogens is 395 g/mol. The molecule has 2 aromatic rings. The monoisotopic (exact) mass is 419 g/mol. The van der Waals surface area contributed by atoms with Gasteiger partial charge in [0.1, 0.15) is 5.82 Å². The van der Waals surface area contributed by atoms with Gasteiger partial charge < -0.3 is 4.90 Å². The minimum absolute atomic E-state index is 0.174. The molecule has 9 heteroatoms. The molecule has 2 N–H and O–H groups in total. The molecule has 0 unspecified atom stereocenters. The van der Waals surface area contributed by atoms with Crippen LogP contribution in [0.5, 0.6) is 0 Å². The Labute approximate surface area is 169 Å². The van der Waals surface area contributed by atoms with Gasteiger partial charge in [-0.25, -0.2) is 18.2 Å². The Bertz CT molecular complexity index is 985. The number of quaternary nitrogens is 1. The number of halogens is 1. The Hall–Kier alpha value is -2.62. The fourth-order valence-electron chi connectivity index (χ4n) is 3.10. The number of rotatable bonds is 6. The number of benzene rings is 2. The van der Waals surface area contributed by atoms with Crippen molar-refractivity contribution in [3.63, 3.8) is 0 Å². The number of nitrogens with one attached hydrogen (secondary N) is 2. The summed E-state index contributed by atoms with van der Waals surface area (Å²) in [5.74, 6) is -0.718. The number of hydrogen-bond donors (Lipinski definition) is 2. The summed E-state index contributed by atoms with van der Waals surface area (Å²) in [4.78, 5) is 13.3. The van der Waals surface area contributed by atoms with Crippen LogP contribution in [0.2, 0.25) is 0 Å². The van der Waals surface area contributed by atoms with Gasteiger partial charge in [-0.05, 0) is 25.1 Å². The molecule has 154 valence electrons. The maximum absolute atomic E-state index is 13.5. The van der Waals surface area contributed by atoms with Crippen molar-refractivity contribution in [2.45, 2.75) is 11.8 Å². The Morgan fingerprint density at radius 1 is 1.17 bits per heavy atom. The number of amides is 1. The molecule has 1 fully saturated rings. The zero-order chi connectivity index (χ0) is 20.9. The van der Waals surface area contributed by atoms with E-state index < -0.39 is 15.8 Å². The lowest BCUT2D eigenvalue weighted by atomic mass is 10.2. The van der Waals surface area contributed by atoms with Crippen molar-refractivity contribution < 1.29 is 22.5 Å². The SMILES string of the molecule is Cc1ccc(S(=O)(=O)N2CC[NH+](CC(=O)N/N=C/c3ccccc3F)CC2)cc1. The molecule has 1 aliphatic heterocycles. The average molecular weight is 420 g/mol. The molecule has 0 spiro atoms. The van der Waals surface area contributed by atoms with Crippen LogP contribution in [0.25, 0.3) is 0 Å². The first-order chi connectivity index (χ1) is 13.9. The number of sulfonamides is 1. The highest BCUT2D eigenvalue weighted by molar-refractivity contribution is 7.89. The second kappa shape index (κ2) is 9.25. The summed E-state index contributed by atoms with van der Waals surface area (Å²) in [5.41, 5.74) is 3.68. The van der Waals surface area contributed by atoms with Gasteiger partial charge in [0.25, 0.3) is 5.91 Å². The summed E-state index contributed by atoms with van der Waals surface area (Å²) in [6.45, 7) is 3.82. The Kier molecular flexibility index (Phi) is 6.73. The molecule has 0 bridgehead atoms. The third-order valence-electron chi connectivity index (χ3n) is 4.80. The quantitative estimate of drug-likeness (QED) is 0.517. The van der Waals surface area contributed by atoms with E-state index in [-0.39, 0.29) is 22.9 Å². The zero-order valence-electron chi connectivity index (χ0n) is 16.1. The normalized spacial score (nSPS) is 16.2. The van der Waals surface area contributed by atoms with E-state index in [0.29, 0.717) is 26.2 Å². The highest BCUT2D eigenvalue weighted by Crippen LogP contribution is 2.16. The van der Waals surface area contributed by atoms with Crippen LogP contribution in [0.1, 0.15) is 11.1 Å². The number of hydrogen-bond acceptors (Lipinski definition) is 4. The van der Waals surface area contributed by atoms with Gasteiger partial charge in [-0.1, -0.05) is 35.9 Å². The average Bonchev–Trinajstić information content (AvgIpc) is 2.70. The summed E-state index contributed by atoms with van der Waals surface area (Å²) in [7, 11) is -3.52. The van der Waals surface area contributed by atoms with Crippen molar-refractivity contribution in [1.82, 2.24) is 9.73 Å². The first kappa shape index (κ1) is 21.1. The van der Waals surface area contributed by atoms with E-state index in [0.717, 1.165) is 10.5 Å². The van der Waals surface area contributed by atoms with E-state index in [4.69, 9.17) is 0 Å². The zero-order valence-corrected chi connectivity index (χ0v) is 17.0. The summed E-state index contributed by atoms with van der Waals surface area (Å²) in [6, 6.07) is 12.9. The van der Waals surface area contributed by atoms with E-state index in [1.807, 2.05) is 6.92 Å². The molecule has 1 amide bonds. The lowest BCUT2D eigenvalue weighted by Crippen LogP contribution is -3.15. The van der Waals surface area contributed by atoms with Crippen molar-refractivity contribution in [2.75, 3.05) is 32.7 Å². The number of aryl methyl sites for hydroxylation is 1. The van der Waals surface area contributed by atoms with E-state index in [1.54, 1.807) is 42.5 Å². The fourth-order valence-corrected chi connectivity index (χ4v) is 4.54. The largest absolute Gasteiger partial charge is 0.325 e. The summed E-state index contributed by atoms with van der Waals surface area (Å²) < 4.78 is 40.4. The van der Waals surface area contributed by atoms with Crippen molar-refractivity contribution >= 4 is 22.1 Å². The Morgan fingerprint density at radius 3 is 2.48 bits per heavy atom. The second-order valence-electron chi connectivity index (χ2n) is 6.96. The van der Waals surface area contributed by atoms with E-state index in [1.165, 1.54) is 16.6 Å². The van der Waals surface area contributed by atoms with Crippen molar-refractivity contribution in [3.05, 3.63) is 65.5 Å². The smallest absolute Gasteiger partial charge is 0.295 e. The molecule has 3 rings (SSSR count). The molecule has 0 atom stereocenters. The maximum atomic E-state index is 13.5. The van der Waals surface area contributed by atoms with Gasteiger partial charge in [-0.15, -0.1) is 0 Å². The fraction of sp³-hybridized carbons (Fsp3) is 0.300. The molecule has 1 saturated heterocycles. The molecule has 0 aliphatic carbocycles. The molecular formula is C20H24FN4O3S+. The number of carbonyl (C=O) groups excluding carboxylic acids is 1. The third kappa shape index (κ3) is 5.47. The van der Waals surface area contributed by atoms with Crippen LogP contribution in [-0.4, -0.2) is 57.6 Å². The first-order valence-electron chi connectivity index (χ1n) is 9.33. The van der Waals surface area contributed by atoms with Crippen LogP contribution in [0.3, 0.4) is 0 Å². The van der Waals surface area contributed by atoms with Gasteiger partial charge in [0.15, 0.2) is 6.54 Å². The predicted molar refractivity (Wildman–Crippen MR) is 108 cm³/mol. The van der Waals surface area contributed by atoms with Gasteiger partial charge in [-0.2, -0.15) is 9.41 Å². The topological polar surface area (TPSA) is 83.3 Å². The van der Waals surface area contributed by atoms with Crippen LogP contribution in [0.15, 0.2) is 58.5 Å². The first-order valence-corrected chi connectivity index (χ1v) is 10.8. The maximum Gasteiger partial charge on any atom is 0.295 e. The summed E-state index contributed by atoms with van der Waals surface area (Å²) >= 11 is 0. The molecule has 7 nitrogen and oxygen atoms in total. The Morgan fingerprint density at radius 2 is 1.83 bits per heavy atom. The van der Waals surface area contributed by atoms with Gasteiger partial charge in [-0.3, -0.25) is 4.79 Å². The summed E-state index contributed by atoms with van der Waals surface area (Å²) in [6.07, 6.45) is 1.26. The number of piperazine rings is 1. The number of hydrazone groups is 1. The number of nitrogens with zero attached hydrogens (tertiary/aromatic N) is 2. The van der Waals surface area contributed by atoms with Gasteiger partial charge in [0, 0.05) is 5.56 Å². The van der Waals surface area contributed by atoms with Gasteiger partial charge in [0.2, 0.25) is 10.0 Å². The standard InChI is InChI=1S/C20H23FN4O3S/c1-16-6-8-18(9-7-16)29(27,28)25-12-10-24(11-13-25)15-20(26)23-22-14-17-4-2-3-5-19(17)21/h2-9,14H,10-13,15H2,1H3,(H,23,26)/p+1/b22-14+. The van der Waals surface area contributed by atoms with Crippen LogP contribution < -0.4 is 10.3 Å². The molecule has 1 aliphatic rings. The van der Waals surface area contributed by atoms with E-state index >= 15 is 0 Å². The highest BCUT2D eigenvalue weighted by Gasteiger charge is 2.31. The minimum atomic E-state index is -3.52. The second-order valence-corrected chi connectivity index (χ2v) is 8.90. The lowest BCUT2D eigenvalue weighted by Gasteiger charge is -2.31. The van der Waals surface area contributed by atoms with Crippen molar-refractivity contribution in [2.24, 2.45) is 5.10 Å². The molecule has 0 saturated carbocycles. The van der Waals surface area contributed by atoms with Crippen LogP contribution >= 0.6 is 0 Å². The molecule has 29 heavy (non-hydrogen) atoms. The molecule has 0 aromatic heterocycles. The van der Waals surface area contributed by atoms with E-state index in [9.17, 15) is 17.6 Å².